The maximum atomic E-state index is 12.8. The zero-order chi connectivity index (χ0) is 16.3. The van der Waals surface area contributed by atoms with Crippen LogP contribution in [0.1, 0.15) is 23.2 Å². The van der Waals surface area contributed by atoms with Gasteiger partial charge in [0.25, 0.3) is 0 Å². The minimum absolute atomic E-state index is 0. The summed E-state index contributed by atoms with van der Waals surface area (Å²) in [4.78, 5) is 11.8. The van der Waals surface area contributed by atoms with Crippen molar-refractivity contribution in [2.75, 3.05) is 27.2 Å². The zero-order valence-electron chi connectivity index (χ0n) is 12.9. The Balaban J connectivity index is 0.00000264. The summed E-state index contributed by atoms with van der Waals surface area (Å²) in [5.74, 6) is -0.716. The molecule has 0 atom stereocenters. The highest BCUT2D eigenvalue weighted by atomic mass is 35.5. The highest BCUT2D eigenvalue weighted by Crippen LogP contribution is 2.26. The van der Waals surface area contributed by atoms with Crippen LogP contribution in [0, 0.1) is 0 Å². The molecule has 1 saturated heterocycles. The Hall–Kier alpha value is -0.860. The Morgan fingerprint density at radius 3 is 2.48 bits per heavy atom. The summed E-state index contributed by atoms with van der Waals surface area (Å²) < 4.78 is 31.6. The molecule has 9 heteroatoms. The predicted octanol–water partition coefficient (Wildman–Crippen LogP) is 1.92. The van der Waals surface area contributed by atoms with E-state index in [9.17, 15) is 13.2 Å². The summed E-state index contributed by atoms with van der Waals surface area (Å²) >= 11 is 5.87. The van der Waals surface area contributed by atoms with Crippen molar-refractivity contribution in [3.63, 3.8) is 0 Å². The van der Waals surface area contributed by atoms with E-state index in [1.807, 2.05) is 7.05 Å². The van der Waals surface area contributed by atoms with E-state index < -0.39 is 16.0 Å². The van der Waals surface area contributed by atoms with E-state index in [1.54, 1.807) is 0 Å². The molecular formula is C14H20Cl2N2O4S. The zero-order valence-corrected chi connectivity index (χ0v) is 15.3. The molecular weight excluding hydrogens is 363 g/mol. The van der Waals surface area contributed by atoms with Gasteiger partial charge in [-0.2, -0.15) is 4.31 Å². The molecule has 0 radical (unpaired) electrons. The van der Waals surface area contributed by atoms with Crippen LogP contribution in [-0.4, -0.2) is 52.0 Å². The molecule has 6 nitrogen and oxygen atoms in total. The number of piperidine rings is 1. The minimum atomic E-state index is -3.75. The van der Waals surface area contributed by atoms with Crippen LogP contribution in [0.4, 0.5) is 0 Å². The van der Waals surface area contributed by atoms with Gasteiger partial charge in [-0.25, -0.2) is 13.2 Å². The van der Waals surface area contributed by atoms with Crippen LogP contribution >= 0.6 is 24.0 Å². The van der Waals surface area contributed by atoms with Crippen molar-refractivity contribution in [3.8, 4) is 0 Å². The van der Waals surface area contributed by atoms with Gasteiger partial charge in [-0.15, -0.1) is 12.4 Å². The Morgan fingerprint density at radius 2 is 1.96 bits per heavy atom. The number of hydrogen-bond acceptors (Lipinski definition) is 5. The van der Waals surface area contributed by atoms with E-state index >= 15 is 0 Å². The number of rotatable bonds is 4. The molecule has 1 aliphatic rings. The van der Waals surface area contributed by atoms with Gasteiger partial charge in [0.2, 0.25) is 10.0 Å². The molecule has 0 bridgehead atoms. The first-order valence-corrected chi connectivity index (χ1v) is 8.77. The Bertz CT molecular complexity index is 659. The maximum Gasteiger partial charge on any atom is 0.339 e. The number of methoxy groups -OCH3 is 1. The van der Waals surface area contributed by atoms with Gasteiger partial charge in [-0.1, -0.05) is 11.6 Å². The lowest BCUT2D eigenvalue weighted by Gasteiger charge is -2.31. The number of ether oxygens (including phenoxy) is 1. The molecule has 130 valence electrons. The van der Waals surface area contributed by atoms with Crippen LogP contribution in [0.5, 0.6) is 0 Å². The lowest BCUT2D eigenvalue weighted by Crippen LogP contribution is -2.44. The summed E-state index contributed by atoms with van der Waals surface area (Å²) in [5, 5.41) is 3.43. The molecule has 0 amide bonds. The third kappa shape index (κ3) is 4.36. The maximum absolute atomic E-state index is 12.8. The van der Waals surface area contributed by atoms with Crippen molar-refractivity contribution in [3.05, 3.63) is 28.8 Å². The number of nitrogens with one attached hydrogen (secondary N) is 1. The van der Waals surface area contributed by atoms with Crippen molar-refractivity contribution in [2.45, 2.75) is 23.8 Å². The number of esters is 1. The second-order valence-corrected chi connectivity index (χ2v) is 7.44. The number of carbonyl (C=O) groups excluding carboxylic acids is 1. The molecule has 1 heterocycles. The van der Waals surface area contributed by atoms with Crippen LogP contribution in [0.2, 0.25) is 5.02 Å². The first kappa shape index (κ1) is 20.2. The number of benzene rings is 1. The van der Waals surface area contributed by atoms with Gasteiger partial charge in [0.1, 0.15) is 0 Å². The molecule has 0 aliphatic carbocycles. The molecule has 1 aromatic carbocycles. The lowest BCUT2D eigenvalue weighted by atomic mass is 10.1. The molecule has 23 heavy (non-hydrogen) atoms. The van der Waals surface area contributed by atoms with Gasteiger partial charge in [-0.3, -0.25) is 0 Å². The summed E-state index contributed by atoms with van der Waals surface area (Å²) in [6.45, 7) is 0.828. The SMILES string of the molecule is CNC1CCN(S(=O)(=O)c2ccc(Cl)cc2C(=O)OC)CC1.Cl. The molecule has 0 aromatic heterocycles. The fraction of sp³-hybridized carbons (Fsp3) is 0.500. The van der Waals surface area contributed by atoms with Gasteiger partial charge in [0, 0.05) is 24.2 Å². The molecule has 0 spiro atoms. The van der Waals surface area contributed by atoms with Gasteiger partial charge >= 0.3 is 5.97 Å². The monoisotopic (exact) mass is 382 g/mol. The number of sulfonamides is 1. The normalized spacial score (nSPS) is 16.7. The van der Waals surface area contributed by atoms with E-state index in [0.29, 0.717) is 19.1 Å². The largest absolute Gasteiger partial charge is 0.465 e. The highest BCUT2D eigenvalue weighted by Gasteiger charge is 2.32. The Labute approximate surface area is 147 Å². The molecule has 0 unspecified atom stereocenters. The van der Waals surface area contributed by atoms with E-state index in [0.717, 1.165) is 12.8 Å². The number of halogens is 2. The number of carbonyl (C=O) groups is 1. The molecule has 1 fully saturated rings. The van der Waals surface area contributed by atoms with Crippen LogP contribution in [0.3, 0.4) is 0 Å². The first-order valence-electron chi connectivity index (χ1n) is 6.95. The standard InChI is InChI=1S/C14H19ClN2O4S.ClH/c1-16-11-5-7-17(8-6-11)22(19,20)13-4-3-10(15)9-12(13)14(18)21-2;/h3-4,9,11,16H,5-8H2,1-2H3;1H. The third-order valence-electron chi connectivity index (χ3n) is 3.83. The topological polar surface area (TPSA) is 75.7 Å². The molecule has 1 aromatic rings. The third-order valence-corrected chi connectivity index (χ3v) is 6.02. The second kappa shape index (κ2) is 8.30. The summed E-state index contributed by atoms with van der Waals surface area (Å²) in [5.41, 5.74) is -0.0364. The van der Waals surface area contributed by atoms with Crippen molar-refractivity contribution >= 4 is 40.0 Å². The Kier molecular flexibility index (Phi) is 7.29. The van der Waals surface area contributed by atoms with Crippen LogP contribution in [0.25, 0.3) is 0 Å². The highest BCUT2D eigenvalue weighted by molar-refractivity contribution is 7.89. The molecule has 1 aliphatic heterocycles. The molecule has 2 rings (SSSR count). The first-order chi connectivity index (χ1) is 10.4. The van der Waals surface area contributed by atoms with Gasteiger partial charge in [-0.05, 0) is 38.1 Å². The lowest BCUT2D eigenvalue weighted by molar-refractivity contribution is 0.0596. The number of nitrogens with zero attached hydrogens (tertiary/aromatic N) is 1. The fourth-order valence-electron chi connectivity index (χ4n) is 2.52. The van der Waals surface area contributed by atoms with Crippen molar-refractivity contribution in [1.82, 2.24) is 9.62 Å². The summed E-state index contributed by atoms with van der Waals surface area (Å²) in [7, 11) is -0.679. The van der Waals surface area contributed by atoms with Crippen molar-refractivity contribution < 1.29 is 17.9 Å². The van der Waals surface area contributed by atoms with Crippen LogP contribution in [-0.2, 0) is 14.8 Å². The average Bonchev–Trinajstić information content (AvgIpc) is 2.53. The summed E-state index contributed by atoms with van der Waals surface area (Å²) in [6, 6.07) is 4.45. The minimum Gasteiger partial charge on any atom is -0.465 e. The quantitative estimate of drug-likeness (QED) is 0.805. The van der Waals surface area contributed by atoms with Gasteiger partial charge in [0.15, 0.2) is 0 Å². The Morgan fingerprint density at radius 1 is 1.35 bits per heavy atom. The smallest absolute Gasteiger partial charge is 0.339 e. The number of hydrogen-bond donors (Lipinski definition) is 1. The second-order valence-electron chi connectivity index (χ2n) is 5.10. The van der Waals surface area contributed by atoms with E-state index in [2.05, 4.69) is 10.1 Å². The van der Waals surface area contributed by atoms with Crippen molar-refractivity contribution in [2.24, 2.45) is 0 Å². The van der Waals surface area contributed by atoms with E-state index in [4.69, 9.17) is 11.6 Å². The van der Waals surface area contributed by atoms with E-state index in [1.165, 1.54) is 29.6 Å². The van der Waals surface area contributed by atoms with Crippen molar-refractivity contribution in [1.29, 1.82) is 0 Å². The predicted molar refractivity (Wildman–Crippen MR) is 90.9 cm³/mol. The van der Waals surface area contributed by atoms with Crippen LogP contribution < -0.4 is 5.32 Å². The fourth-order valence-corrected chi connectivity index (χ4v) is 4.32. The molecule has 1 N–H and O–H groups in total. The molecule has 0 saturated carbocycles. The van der Waals surface area contributed by atoms with Gasteiger partial charge in [0.05, 0.1) is 17.6 Å². The van der Waals surface area contributed by atoms with Crippen LogP contribution in [0.15, 0.2) is 23.1 Å². The average molecular weight is 383 g/mol. The summed E-state index contributed by atoms with van der Waals surface area (Å²) in [6.07, 6.45) is 1.47. The van der Waals surface area contributed by atoms with E-state index in [-0.39, 0.29) is 27.9 Å². The van der Waals surface area contributed by atoms with Gasteiger partial charge < -0.3 is 10.1 Å².